The largest absolute Gasteiger partial charge is 0.350 e. The maximum atomic E-state index is 13.6. The molecule has 0 aromatic heterocycles. The minimum Gasteiger partial charge on any atom is -0.350 e. The van der Waals surface area contributed by atoms with Crippen LogP contribution < -0.4 is 10.2 Å². The lowest BCUT2D eigenvalue weighted by Crippen LogP contribution is -2.33. The van der Waals surface area contributed by atoms with E-state index in [-0.39, 0.29) is 11.8 Å². The molecular weight excluding hydrogens is 396 g/mol. The van der Waals surface area contributed by atoms with Gasteiger partial charge in [0.2, 0.25) is 0 Å². The molecule has 32 heavy (non-hydrogen) atoms. The molecular formula is C28H28N2O2. The summed E-state index contributed by atoms with van der Waals surface area (Å²) in [4.78, 5) is 28.5. The number of nitrogens with zero attached hydrogens (tertiary/aromatic N) is 1. The molecule has 0 saturated carbocycles. The van der Waals surface area contributed by atoms with Gasteiger partial charge in [-0.15, -0.1) is 0 Å². The first kappa shape index (κ1) is 21.6. The summed E-state index contributed by atoms with van der Waals surface area (Å²) in [6.07, 6.45) is 0. The molecule has 0 bridgehead atoms. The van der Waals surface area contributed by atoms with Crippen LogP contribution in [0, 0.1) is 20.8 Å². The molecule has 1 heterocycles. The average Bonchev–Trinajstić information content (AvgIpc) is 3.01. The Morgan fingerprint density at radius 2 is 1.44 bits per heavy atom. The van der Waals surface area contributed by atoms with Crippen LogP contribution in [0.2, 0.25) is 0 Å². The zero-order chi connectivity index (χ0) is 23.0. The number of hydrogen-bond acceptors (Lipinski definition) is 3. The minimum absolute atomic E-state index is 0.303. The van der Waals surface area contributed by atoms with Gasteiger partial charge in [0, 0.05) is 5.69 Å². The Bertz CT molecular complexity index is 1220. The third kappa shape index (κ3) is 3.84. The van der Waals surface area contributed by atoms with Crippen LogP contribution in [0.5, 0.6) is 0 Å². The van der Waals surface area contributed by atoms with Crippen LogP contribution in [-0.4, -0.2) is 11.8 Å². The van der Waals surface area contributed by atoms with Crippen molar-refractivity contribution in [2.24, 2.45) is 0 Å². The number of aryl methyl sites for hydroxylation is 2. The fourth-order valence-corrected chi connectivity index (χ4v) is 3.93. The number of imide groups is 1. The smallest absolute Gasteiger partial charge is 0.282 e. The van der Waals surface area contributed by atoms with Crippen LogP contribution in [0.3, 0.4) is 0 Å². The second-order valence-electron chi connectivity index (χ2n) is 8.68. The van der Waals surface area contributed by atoms with E-state index >= 15 is 0 Å². The van der Waals surface area contributed by atoms with Crippen LogP contribution in [0.25, 0.3) is 5.57 Å². The van der Waals surface area contributed by atoms with Gasteiger partial charge in [-0.05, 0) is 67.1 Å². The van der Waals surface area contributed by atoms with Gasteiger partial charge in [-0.25, -0.2) is 4.90 Å². The van der Waals surface area contributed by atoms with Crippen molar-refractivity contribution in [3.63, 3.8) is 0 Å². The van der Waals surface area contributed by atoms with Gasteiger partial charge >= 0.3 is 0 Å². The molecule has 1 N–H and O–H groups in total. The molecule has 4 rings (SSSR count). The summed E-state index contributed by atoms with van der Waals surface area (Å²) in [6, 6.07) is 21.4. The van der Waals surface area contributed by atoms with E-state index in [2.05, 4.69) is 19.2 Å². The van der Waals surface area contributed by atoms with Gasteiger partial charge in [0.15, 0.2) is 0 Å². The van der Waals surface area contributed by atoms with E-state index in [1.54, 1.807) is 0 Å². The Morgan fingerprint density at radius 1 is 0.781 bits per heavy atom. The Labute approximate surface area is 189 Å². The molecule has 1 aliphatic rings. The highest BCUT2D eigenvalue weighted by Gasteiger charge is 2.40. The van der Waals surface area contributed by atoms with Gasteiger partial charge in [0.05, 0.1) is 11.3 Å². The first-order valence-corrected chi connectivity index (χ1v) is 10.9. The van der Waals surface area contributed by atoms with E-state index in [1.165, 1.54) is 10.5 Å². The van der Waals surface area contributed by atoms with Gasteiger partial charge < -0.3 is 5.32 Å². The highest BCUT2D eigenvalue weighted by Crippen LogP contribution is 2.36. The number of rotatable bonds is 5. The van der Waals surface area contributed by atoms with E-state index in [0.29, 0.717) is 22.9 Å². The van der Waals surface area contributed by atoms with Crippen LogP contribution >= 0.6 is 0 Å². The normalized spacial score (nSPS) is 14.0. The molecule has 0 saturated heterocycles. The fourth-order valence-electron chi connectivity index (χ4n) is 3.93. The predicted octanol–water partition coefficient (Wildman–Crippen LogP) is 6.13. The summed E-state index contributed by atoms with van der Waals surface area (Å²) in [6.45, 7) is 10.2. The van der Waals surface area contributed by atoms with Crippen molar-refractivity contribution in [2.45, 2.75) is 40.5 Å². The topological polar surface area (TPSA) is 49.4 Å². The molecule has 0 spiro atoms. The van der Waals surface area contributed by atoms with Gasteiger partial charge in [-0.1, -0.05) is 67.9 Å². The lowest BCUT2D eigenvalue weighted by Gasteiger charge is -2.19. The molecule has 3 aromatic carbocycles. The average molecular weight is 425 g/mol. The van der Waals surface area contributed by atoms with Crippen molar-refractivity contribution in [1.29, 1.82) is 0 Å². The first-order valence-electron chi connectivity index (χ1n) is 10.9. The van der Waals surface area contributed by atoms with Crippen molar-refractivity contribution in [3.8, 4) is 0 Å². The monoisotopic (exact) mass is 424 g/mol. The number of carbonyl (C=O) groups is 2. The Morgan fingerprint density at radius 3 is 2.06 bits per heavy atom. The van der Waals surface area contributed by atoms with Crippen LogP contribution in [-0.2, 0) is 9.59 Å². The molecule has 0 unspecified atom stereocenters. The fraction of sp³-hybridized carbons (Fsp3) is 0.214. The van der Waals surface area contributed by atoms with E-state index < -0.39 is 0 Å². The summed E-state index contributed by atoms with van der Waals surface area (Å²) in [5, 5.41) is 3.25. The summed E-state index contributed by atoms with van der Waals surface area (Å²) in [7, 11) is 0. The van der Waals surface area contributed by atoms with E-state index in [1.807, 2.05) is 87.5 Å². The third-order valence-electron chi connectivity index (χ3n) is 6.09. The summed E-state index contributed by atoms with van der Waals surface area (Å²) < 4.78 is 0. The quantitative estimate of drug-likeness (QED) is 0.501. The van der Waals surface area contributed by atoms with Crippen molar-refractivity contribution in [1.82, 2.24) is 0 Å². The van der Waals surface area contributed by atoms with E-state index in [4.69, 9.17) is 0 Å². The zero-order valence-electron chi connectivity index (χ0n) is 19.2. The lowest BCUT2D eigenvalue weighted by molar-refractivity contribution is -0.120. The van der Waals surface area contributed by atoms with Gasteiger partial charge in [0.1, 0.15) is 5.70 Å². The number of hydrogen-bond donors (Lipinski definition) is 1. The van der Waals surface area contributed by atoms with Gasteiger partial charge in [0.25, 0.3) is 11.8 Å². The molecule has 3 aromatic rings. The predicted molar refractivity (Wildman–Crippen MR) is 131 cm³/mol. The standard InChI is InChI=1S/C28H28N2O2/c1-17(2)21-13-15-23(16-14-21)29-26-25(22-11-9-18(3)10-12-22)27(31)30(28(26)32)24-8-6-7-19(4)20(24)5/h6-17,29H,1-5H3. The number of carbonyl (C=O) groups excluding carboxylic acids is 2. The number of nitrogens with one attached hydrogen (secondary N) is 1. The molecule has 1 aliphatic heterocycles. The molecule has 4 nitrogen and oxygen atoms in total. The van der Waals surface area contributed by atoms with Crippen molar-refractivity contribution < 1.29 is 9.59 Å². The lowest BCUT2D eigenvalue weighted by atomic mass is 10.0. The second-order valence-corrected chi connectivity index (χ2v) is 8.68. The van der Waals surface area contributed by atoms with Gasteiger partial charge in [-0.2, -0.15) is 0 Å². The highest BCUT2D eigenvalue weighted by atomic mass is 16.2. The van der Waals surface area contributed by atoms with E-state index in [9.17, 15) is 9.59 Å². The number of benzene rings is 3. The maximum absolute atomic E-state index is 13.6. The van der Waals surface area contributed by atoms with Crippen LogP contribution in [0.1, 0.15) is 47.6 Å². The molecule has 0 aliphatic carbocycles. The number of amides is 2. The maximum Gasteiger partial charge on any atom is 0.282 e. The number of anilines is 2. The summed E-state index contributed by atoms with van der Waals surface area (Å²) in [5.74, 6) is -0.234. The van der Waals surface area contributed by atoms with Crippen LogP contribution in [0.4, 0.5) is 11.4 Å². The SMILES string of the molecule is Cc1ccc(C2=C(Nc3ccc(C(C)C)cc3)C(=O)N(c3cccc(C)c3C)C2=O)cc1. The molecule has 0 atom stereocenters. The van der Waals surface area contributed by atoms with Crippen molar-refractivity contribution >= 4 is 28.8 Å². The van der Waals surface area contributed by atoms with Crippen LogP contribution in [0.15, 0.2) is 72.4 Å². The second kappa shape index (κ2) is 8.46. The highest BCUT2D eigenvalue weighted by molar-refractivity contribution is 6.46. The molecule has 2 amide bonds. The molecule has 0 radical (unpaired) electrons. The summed E-state index contributed by atoms with van der Waals surface area (Å²) in [5.41, 5.74) is 7.08. The minimum atomic E-state index is -0.341. The Kier molecular flexibility index (Phi) is 5.70. The molecule has 162 valence electrons. The third-order valence-corrected chi connectivity index (χ3v) is 6.09. The summed E-state index contributed by atoms with van der Waals surface area (Å²) >= 11 is 0. The van der Waals surface area contributed by atoms with Gasteiger partial charge in [-0.3, -0.25) is 9.59 Å². The van der Waals surface area contributed by atoms with E-state index in [0.717, 1.165) is 27.9 Å². The van der Waals surface area contributed by atoms with Crippen molar-refractivity contribution in [2.75, 3.05) is 10.2 Å². The first-order chi connectivity index (χ1) is 15.3. The molecule has 4 heteroatoms. The Hall–Kier alpha value is -3.66. The molecule has 0 fully saturated rings. The van der Waals surface area contributed by atoms with Crippen molar-refractivity contribution in [3.05, 3.63) is 100 Å². The zero-order valence-corrected chi connectivity index (χ0v) is 19.2. The Balaban J connectivity index is 1.81.